The van der Waals surface area contributed by atoms with Crippen molar-refractivity contribution in [2.45, 2.75) is 19.1 Å². The highest BCUT2D eigenvalue weighted by molar-refractivity contribution is 5.82. The molecule has 6 nitrogen and oxygen atoms in total. The van der Waals surface area contributed by atoms with Gasteiger partial charge in [-0.25, -0.2) is 4.98 Å². The number of alkyl halides is 3. The number of rotatable bonds is 4. The van der Waals surface area contributed by atoms with Crippen LogP contribution in [0.4, 0.5) is 42.0 Å². The Morgan fingerprint density at radius 3 is 2.79 bits per heavy atom. The Hall–Kier alpha value is -3.49. The fourth-order valence-corrected chi connectivity index (χ4v) is 3.21. The molecule has 1 aromatic heterocycles. The summed E-state index contributed by atoms with van der Waals surface area (Å²) in [7, 11) is 0. The zero-order chi connectivity index (χ0) is 20.6. The first kappa shape index (κ1) is 18.9. The molecule has 0 fully saturated rings. The Balaban J connectivity index is 1.55. The molecule has 4 N–H and O–H groups in total. The fraction of sp³-hybridized carbons (Fsp3) is 0.200. The largest absolute Gasteiger partial charge is 0.416 e. The van der Waals surface area contributed by atoms with Crippen LogP contribution in [0.3, 0.4) is 0 Å². The second kappa shape index (κ2) is 7.16. The molecular weight excluding hydrogens is 381 g/mol. The third-order valence-electron chi connectivity index (χ3n) is 4.72. The van der Waals surface area contributed by atoms with Crippen LogP contribution in [0.5, 0.6) is 0 Å². The van der Waals surface area contributed by atoms with Gasteiger partial charge in [0, 0.05) is 11.9 Å². The molecule has 0 spiro atoms. The number of benzene rings is 2. The van der Waals surface area contributed by atoms with Crippen LogP contribution in [-0.4, -0.2) is 16.6 Å². The molecule has 0 bridgehead atoms. The maximum atomic E-state index is 13.0. The highest BCUT2D eigenvalue weighted by Gasteiger charge is 2.30. The average Bonchev–Trinajstić information content (AvgIpc) is 3.10. The van der Waals surface area contributed by atoms with Crippen LogP contribution in [0.15, 0.2) is 54.7 Å². The Labute approximate surface area is 165 Å². The molecule has 0 saturated heterocycles. The number of aromatic nitrogens is 2. The van der Waals surface area contributed by atoms with E-state index in [1.54, 1.807) is 25.3 Å². The molecule has 2 aromatic carbocycles. The van der Waals surface area contributed by atoms with E-state index in [-0.39, 0.29) is 0 Å². The summed E-state index contributed by atoms with van der Waals surface area (Å²) in [6.45, 7) is 2.29. The van der Waals surface area contributed by atoms with Crippen molar-refractivity contribution in [1.29, 1.82) is 0 Å². The molecule has 0 unspecified atom stereocenters. The topological polar surface area (TPSA) is 79.1 Å². The minimum absolute atomic E-state index is 0.330. The van der Waals surface area contributed by atoms with Gasteiger partial charge in [0.25, 0.3) is 0 Å². The van der Waals surface area contributed by atoms with Crippen LogP contribution < -0.4 is 21.3 Å². The van der Waals surface area contributed by atoms with Crippen molar-refractivity contribution in [1.82, 2.24) is 9.97 Å². The van der Waals surface area contributed by atoms with Crippen LogP contribution >= 0.6 is 0 Å². The zero-order valence-corrected chi connectivity index (χ0v) is 15.5. The standard InChI is InChI=1S/C20H19F3N6/c1-12(13-3-2-4-14(9-13)20(21,22)23)27-19-25-8-7-18(28-19)29-11-26-16-10-15(24)5-6-17(16)29/h2-10,12,26H,11,24H2,1H3,(H,25,27,28)/t12-/m0/s1. The summed E-state index contributed by atoms with van der Waals surface area (Å²) < 4.78 is 38.9. The normalized spacial score (nSPS) is 14.3. The van der Waals surface area contributed by atoms with Gasteiger partial charge in [-0.1, -0.05) is 12.1 Å². The van der Waals surface area contributed by atoms with E-state index in [1.165, 1.54) is 6.07 Å². The van der Waals surface area contributed by atoms with Gasteiger partial charge in [-0.3, -0.25) is 0 Å². The third kappa shape index (κ3) is 3.89. The summed E-state index contributed by atoms with van der Waals surface area (Å²) in [6, 6.07) is 12.2. The molecule has 1 aliphatic heterocycles. The van der Waals surface area contributed by atoms with E-state index in [9.17, 15) is 13.2 Å². The monoisotopic (exact) mass is 400 g/mol. The quantitative estimate of drug-likeness (QED) is 0.548. The molecule has 2 heterocycles. The predicted molar refractivity (Wildman–Crippen MR) is 107 cm³/mol. The van der Waals surface area contributed by atoms with Crippen molar-refractivity contribution in [2.24, 2.45) is 0 Å². The van der Waals surface area contributed by atoms with E-state index in [0.717, 1.165) is 23.5 Å². The molecule has 3 aromatic rings. The van der Waals surface area contributed by atoms with Gasteiger partial charge in [-0.2, -0.15) is 18.2 Å². The lowest BCUT2D eigenvalue weighted by Gasteiger charge is -2.19. The molecule has 0 aliphatic carbocycles. The zero-order valence-electron chi connectivity index (χ0n) is 15.5. The maximum Gasteiger partial charge on any atom is 0.416 e. The Bertz CT molecular complexity index is 1040. The molecule has 9 heteroatoms. The van der Waals surface area contributed by atoms with Crippen LogP contribution in [0.1, 0.15) is 24.1 Å². The van der Waals surface area contributed by atoms with Crippen molar-refractivity contribution in [3.63, 3.8) is 0 Å². The Morgan fingerprint density at radius 2 is 2.00 bits per heavy atom. The lowest BCUT2D eigenvalue weighted by molar-refractivity contribution is -0.137. The van der Waals surface area contributed by atoms with Crippen molar-refractivity contribution < 1.29 is 13.2 Å². The summed E-state index contributed by atoms with van der Waals surface area (Å²) >= 11 is 0. The molecule has 0 amide bonds. The first-order valence-electron chi connectivity index (χ1n) is 8.99. The van der Waals surface area contributed by atoms with Gasteiger partial charge in [-0.05, 0) is 48.9 Å². The minimum Gasteiger partial charge on any atom is -0.399 e. The number of nitrogens with one attached hydrogen (secondary N) is 2. The van der Waals surface area contributed by atoms with Gasteiger partial charge < -0.3 is 21.3 Å². The first-order valence-corrected chi connectivity index (χ1v) is 8.99. The lowest BCUT2D eigenvalue weighted by Crippen LogP contribution is -2.19. The molecule has 4 rings (SSSR count). The van der Waals surface area contributed by atoms with Crippen LogP contribution in [0.25, 0.3) is 0 Å². The highest BCUT2D eigenvalue weighted by Crippen LogP contribution is 2.37. The Kier molecular flexibility index (Phi) is 4.65. The second-order valence-corrected chi connectivity index (χ2v) is 6.77. The number of nitrogen functional groups attached to an aromatic ring is 1. The third-order valence-corrected chi connectivity index (χ3v) is 4.72. The number of hydrogen-bond acceptors (Lipinski definition) is 6. The minimum atomic E-state index is -4.38. The fourth-order valence-electron chi connectivity index (χ4n) is 3.21. The number of hydrogen-bond donors (Lipinski definition) is 3. The molecular formula is C20H19F3N6. The summed E-state index contributed by atoms with van der Waals surface area (Å²) in [5.41, 5.74) is 8.15. The summed E-state index contributed by atoms with van der Waals surface area (Å²) in [6.07, 6.45) is -2.77. The predicted octanol–water partition coefficient (Wildman–Crippen LogP) is 4.77. The van der Waals surface area contributed by atoms with Crippen molar-refractivity contribution >= 4 is 28.8 Å². The van der Waals surface area contributed by atoms with E-state index >= 15 is 0 Å². The van der Waals surface area contributed by atoms with E-state index in [2.05, 4.69) is 20.6 Å². The van der Waals surface area contributed by atoms with Crippen molar-refractivity contribution in [3.05, 3.63) is 65.9 Å². The number of anilines is 5. The van der Waals surface area contributed by atoms with Crippen LogP contribution in [0, 0.1) is 0 Å². The van der Waals surface area contributed by atoms with Crippen molar-refractivity contribution in [2.75, 3.05) is 27.9 Å². The van der Waals surface area contributed by atoms with E-state index in [1.807, 2.05) is 23.1 Å². The van der Waals surface area contributed by atoms with Gasteiger partial charge in [0.15, 0.2) is 0 Å². The first-order chi connectivity index (χ1) is 13.8. The summed E-state index contributed by atoms with van der Waals surface area (Å²) in [5.74, 6) is 0.992. The van der Waals surface area contributed by atoms with Gasteiger partial charge >= 0.3 is 6.18 Å². The van der Waals surface area contributed by atoms with E-state index < -0.39 is 17.8 Å². The number of nitrogens with zero attached hydrogens (tertiary/aromatic N) is 3. The SMILES string of the molecule is C[C@H](Nc1nccc(N2CNc3cc(N)ccc32)n1)c1cccc(C(F)(F)F)c1. The molecule has 1 aliphatic rings. The number of fused-ring (bicyclic) bond motifs is 1. The van der Waals surface area contributed by atoms with Gasteiger partial charge in [0.05, 0.1) is 29.6 Å². The highest BCUT2D eigenvalue weighted by atomic mass is 19.4. The maximum absolute atomic E-state index is 13.0. The second-order valence-electron chi connectivity index (χ2n) is 6.77. The average molecular weight is 400 g/mol. The van der Waals surface area contributed by atoms with Gasteiger partial charge in [0.1, 0.15) is 5.82 Å². The van der Waals surface area contributed by atoms with Crippen LogP contribution in [-0.2, 0) is 6.18 Å². The molecule has 1 atom stereocenters. The molecule has 0 saturated carbocycles. The van der Waals surface area contributed by atoms with Gasteiger partial charge in [-0.15, -0.1) is 0 Å². The van der Waals surface area contributed by atoms with E-state index in [0.29, 0.717) is 29.7 Å². The Morgan fingerprint density at radius 1 is 1.17 bits per heavy atom. The van der Waals surface area contributed by atoms with Crippen molar-refractivity contribution in [3.8, 4) is 0 Å². The number of nitrogens with two attached hydrogens (primary N) is 1. The molecule has 0 radical (unpaired) electrons. The summed E-state index contributed by atoms with van der Waals surface area (Å²) in [4.78, 5) is 10.7. The van der Waals surface area contributed by atoms with Crippen LogP contribution in [0.2, 0.25) is 0 Å². The van der Waals surface area contributed by atoms with Gasteiger partial charge in [0.2, 0.25) is 5.95 Å². The summed E-state index contributed by atoms with van der Waals surface area (Å²) in [5, 5.41) is 6.33. The molecule has 150 valence electrons. The molecule has 29 heavy (non-hydrogen) atoms. The van der Waals surface area contributed by atoms with E-state index in [4.69, 9.17) is 5.73 Å². The lowest BCUT2D eigenvalue weighted by atomic mass is 10.1. The number of halogens is 3. The smallest absolute Gasteiger partial charge is 0.399 e.